The molecule has 0 aromatic heterocycles. The summed E-state index contributed by atoms with van der Waals surface area (Å²) in [5.41, 5.74) is 3.50. The number of hydrogen-bond donors (Lipinski definition) is 2. The molecule has 0 saturated heterocycles. The number of amides is 2. The van der Waals surface area contributed by atoms with E-state index in [-0.39, 0.29) is 19.1 Å². The normalized spacial score (nSPS) is 13.8. The first-order valence-corrected chi connectivity index (χ1v) is 13.4. The lowest BCUT2D eigenvalue weighted by atomic mass is 9.97. The Morgan fingerprint density at radius 3 is 2.37 bits per heavy atom. The minimum Gasteiger partial charge on any atom is -0.482 e. The highest BCUT2D eigenvalue weighted by atomic mass is 16.6. The number of esters is 1. The maximum absolute atomic E-state index is 13.5. The second-order valence-corrected chi connectivity index (χ2v) is 11.0. The summed E-state index contributed by atoms with van der Waals surface area (Å²) in [7, 11) is 1.87. The molecule has 41 heavy (non-hydrogen) atoms. The van der Waals surface area contributed by atoms with Crippen LogP contribution in [0.25, 0.3) is 0 Å². The highest BCUT2D eigenvalue weighted by molar-refractivity contribution is 5.86. The number of ether oxygens (including phenoxy) is 3. The molecule has 1 aliphatic rings. The number of rotatable bonds is 9. The molecule has 0 fully saturated rings. The Morgan fingerprint density at radius 1 is 1.00 bits per heavy atom. The van der Waals surface area contributed by atoms with Crippen molar-refractivity contribution in [3.63, 3.8) is 0 Å². The van der Waals surface area contributed by atoms with Gasteiger partial charge in [0, 0.05) is 26.0 Å². The summed E-state index contributed by atoms with van der Waals surface area (Å²) in [6, 6.07) is 12.3. The van der Waals surface area contributed by atoms with Gasteiger partial charge in [0.2, 0.25) is 5.91 Å². The van der Waals surface area contributed by atoms with E-state index in [2.05, 4.69) is 10.6 Å². The molecular weight excluding hydrogens is 522 g/mol. The SMILES string of the molecule is CC1=CC(NC(=O)C(CNC(=O)OC(C)(C)C)c2ccc(OCC(=O)Oc3ccc(C)cc3C)cc2)=CN(C)C=C1. The minimum atomic E-state index is -0.734. The fourth-order valence-corrected chi connectivity index (χ4v) is 3.99. The van der Waals surface area contributed by atoms with E-state index >= 15 is 0 Å². The van der Waals surface area contributed by atoms with Gasteiger partial charge in [-0.1, -0.05) is 29.8 Å². The first kappa shape index (κ1) is 31.0. The van der Waals surface area contributed by atoms with Crippen molar-refractivity contribution in [3.8, 4) is 11.5 Å². The lowest BCUT2D eigenvalue weighted by Crippen LogP contribution is -2.39. The van der Waals surface area contributed by atoms with Gasteiger partial charge in [-0.25, -0.2) is 9.59 Å². The highest BCUT2D eigenvalue weighted by Crippen LogP contribution is 2.22. The summed E-state index contributed by atoms with van der Waals surface area (Å²) in [4.78, 5) is 40.0. The first-order valence-electron chi connectivity index (χ1n) is 13.4. The van der Waals surface area contributed by atoms with Gasteiger partial charge in [-0.15, -0.1) is 0 Å². The molecule has 2 aromatic rings. The second-order valence-electron chi connectivity index (χ2n) is 11.0. The quantitative estimate of drug-likeness (QED) is 0.318. The molecule has 218 valence electrons. The van der Waals surface area contributed by atoms with Crippen molar-refractivity contribution in [2.45, 2.75) is 53.1 Å². The zero-order valence-electron chi connectivity index (χ0n) is 24.7. The predicted octanol–water partition coefficient (Wildman–Crippen LogP) is 5.26. The molecule has 0 bridgehead atoms. The Bertz CT molecular complexity index is 1350. The highest BCUT2D eigenvalue weighted by Gasteiger charge is 2.24. The number of nitrogens with one attached hydrogen (secondary N) is 2. The number of carbonyl (C=O) groups excluding carboxylic acids is 3. The number of aryl methyl sites for hydroxylation is 2. The summed E-state index contributed by atoms with van der Waals surface area (Å²) >= 11 is 0. The molecule has 9 heteroatoms. The Morgan fingerprint density at radius 2 is 1.71 bits per heavy atom. The van der Waals surface area contributed by atoms with Crippen LogP contribution in [-0.4, -0.2) is 48.7 Å². The van der Waals surface area contributed by atoms with Gasteiger partial charge in [-0.3, -0.25) is 4.79 Å². The van der Waals surface area contributed by atoms with Gasteiger partial charge in [-0.05, 0) is 88.6 Å². The molecule has 1 heterocycles. The molecule has 1 aliphatic heterocycles. The average molecular weight is 562 g/mol. The first-order chi connectivity index (χ1) is 19.3. The third-order valence-electron chi connectivity index (χ3n) is 5.93. The van der Waals surface area contributed by atoms with Crippen molar-refractivity contribution in [1.82, 2.24) is 15.5 Å². The molecule has 2 aromatic carbocycles. The zero-order valence-corrected chi connectivity index (χ0v) is 24.7. The smallest absolute Gasteiger partial charge is 0.407 e. The van der Waals surface area contributed by atoms with Gasteiger partial charge in [0.15, 0.2) is 6.61 Å². The molecule has 9 nitrogen and oxygen atoms in total. The van der Waals surface area contributed by atoms with E-state index in [1.54, 1.807) is 57.3 Å². The molecule has 2 N–H and O–H groups in total. The average Bonchev–Trinajstić information content (AvgIpc) is 3.03. The molecule has 1 unspecified atom stereocenters. The van der Waals surface area contributed by atoms with Crippen molar-refractivity contribution in [2.24, 2.45) is 0 Å². The van der Waals surface area contributed by atoms with Crippen LogP contribution in [-0.2, 0) is 14.3 Å². The number of nitrogens with zero attached hydrogens (tertiary/aromatic N) is 1. The third-order valence-corrected chi connectivity index (χ3v) is 5.93. The van der Waals surface area contributed by atoms with E-state index < -0.39 is 23.6 Å². The monoisotopic (exact) mass is 561 g/mol. The van der Waals surface area contributed by atoms with E-state index in [1.165, 1.54) is 0 Å². The number of alkyl carbamates (subject to hydrolysis) is 1. The number of hydrogen-bond acceptors (Lipinski definition) is 7. The van der Waals surface area contributed by atoms with Crippen molar-refractivity contribution in [2.75, 3.05) is 20.2 Å². The maximum Gasteiger partial charge on any atom is 0.407 e. The summed E-state index contributed by atoms with van der Waals surface area (Å²) in [6.45, 7) is 10.8. The van der Waals surface area contributed by atoms with Crippen LogP contribution in [0.5, 0.6) is 11.5 Å². The summed E-state index contributed by atoms with van der Waals surface area (Å²) in [5.74, 6) is -0.649. The fourth-order valence-electron chi connectivity index (χ4n) is 3.99. The second kappa shape index (κ2) is 13.7. The van der Waals surface area contributed by atoms with Crippen LogP contribution >= 0.6 is 0 Å². The van der Waals surface area contributed by atoms with Crippen LogP contribution in [0.2, 0.25) is 0 Å². The molecule has 0 saturated carbocycles. The molecule has 1 atom stereocenters. The summed E-state index contributed by atoms with van der Waals surface area (Å²) in [6.07, 6.45) is 6.88. The van der Waals surface area contributed by atoms with Crippen LogP contribution in [0.1, 0.15) is 50.3 Å². The lowest BCUT2D eigenvalue weighted by molar-refractivity contribution is -0.136. The van der Waals surface area contributed by atoms with Gasteiger partial charge in [0.05, 0.1) is 11.6 Å². The molecule has 0 radical (unpaired) electrons. The van der Waals surface area contributed by atoms with Crippen LogP contribution in [0.15, 0.2) is 78.3 Å². The zero-order chi connectivity index (χ0) is 30.2. The van der Waals surface area contributed by atoms with Crippen molar-refractivity contribution in [3.05, 3.63) is 95.0 Å². The summed E-state index contributed by atoms with van der Waals surface area (Å²) < 4.78 is 16.4. The summed E-state index contributed by atoms with van der Waals surface area (Å²) in [5, 5.41) is 5.66. The maximum atomic E-state index is 13.5. The van der Waals surface area contributed by atoms with Gasteiger partial charge >= 0.3 is 12.1 Å². The van der Waals surface area contributed by atoms with Crippen LogP contribution in [0, 0.1) is 13.8 Å². The number of benzene rings is 2. The van der Waals surface area contributed by atoms with E-state index in [4.69, 9.17) is 14.2 Å². The molecular formula is C32H39N3O6. The Kier molecular flexibility index (Phi) is 10.4. The largest absolute Gasteiger partial charge is 0.482 e. The molecule has 3 rings (SSSR count). The van der Waals surface area contributed by atoms with Gasteiger partial charge in [0.25, 0.3) is 0 Å². The molecule has 2 amide bonds. The Labute approximate surface area is 241 Å². The van der Waals surface area contributed by atoms with Gasteiger partial charge < -0.3 is 29.7 Å². The fraction of sp³-hybridized carbons (Fsp3) is 0.344. The Hall–Kier alpha value is -4.53. The topological polar surface area (TPSA) is 106 Å². The number of carbonyl (C=O) groups is 3. The van der Waals surface area contributed by atoms with E-state index in [0.29, 0.717) is 22.8 Å². The molecule has 0 aliphatic carbocycles. The number of allylic oxidation sites excluding steroid dienone is 3. The van der Waals surface area contributed by atoms with Crippen LogP contribution in [0.3, 0.4) is 0 Å². The van der Waals surface area contributed by atoms with E-state index in [9.17, 15) is 14.4 Å². The van der Waals surface area contributed by atoms with Crippen LogP contribution < -0.4 is 20.1 Å². The van der Waals surface area contributed by atoms with Gasteiger partial charge in [-0.2, -0.15) is 0 Å². The third kappa shape index (κ3) is 10.2. The van der Waals surface area contributed by atoms with Crippen molar-refractivity contribution < 1.29 is 28.6 Å². The van der Waals surface area contributed by atoms with E-state index in [1.807, 2.05) is 63.2 Å². The van der Waals surface area contributed by atoms with Crippen molar-refractivity contribution >= 4 is 18.0 Å². The minimum absolute atomic E-state index is 0.00719. The predicted molar refractivity (Wildman–Crippen MR) is 157 cm³/mol. The lowest BCUT2D eigenvalue weighted by Gasteiger charge is -2.22. The van der Waals surface area contributed by atoms with E-state index in [0.717, 1.165) is 16.7 Å². The van der Waals surface area contributed by atoms with Gasteiger partial charge in [0.1, 0.15) is 17.1 Å². The molecule has 0 spiro atoms. The Balaban J connectivity index is 1.70. The van der Waals surface area contributed by atoms with Crippen LogP contribution in [0.4, 0.5) is 4.79 Å². The standard InChI is InChI=1S/C32H39N3O6/c1-21-8-13-28(23(3)16-21)40-29(36)20-39-26-11-9-24(10-12-26)27(18-33-31(38)41-32(4,5)6)30(37)34-25-17-22(2)14-15-35(7)19-25/h8-17,19,27H,18,20H2,1-7H3,(H,33,38)(H,34,37). The van der Waals surface area contributed by atoms with Crippen molar-refractivity contribution in [1.29, 1.82) is 0 Å².